The molecule has 0 N–H and O–H groups in total. The Hall–Kier alpha value is -2.17. The number of nitrogens with zero attached hydrogens (tertiary/aromatic N) is 1. The van der Waals surface area contributed by atoms with Crippen LogP contribution in [0.15, 0.2) is 39.7 Å². The minimum Gasteiger partial charge on any atom is -0.456 e. The van der Waals surface area contributed by atoms with E-state index in [1.807, 2.05) is 38.3 Å². The Morgan fingerprint density at radius 2 is 1.84 bits per heavy atom. The Morgan fingerprint density at radius 1 is 1.12 bits per heavy atom. The Bertz CT molecular complexity index is 889. The van der Waals surface area contributed by atoms with Gasteiger partial charge in [-0.1, -0.05) is 18.2 Å². The number of rotatable bonds is 7. The van der Waals surface area contributed by atoms with Gasteiger partial charge >= 0.3 is 0 Å². The molecule has 0 aliphatic heterocycles. The third kappa shape index (κ3) is 3.60. The van der Waals surface area contributed by atoms with E-state index in [9.17, 15) is 0 Å². The maximum Gasteiger partial charge on any atom is 0.176 e. The first-order chi connectivity index (χ1) is 12.2. The molecule has 0 aliphatic carbocycles. The van der Waals surface area contributed by atoms with Gasteiger partial charge in [0.15, 0.2) is 6.29 Å². The first kappa shape index (κ1) is 17.6. The summed E-state index contributed by atoms with van der Waals surface area (Å²) in [7, 11) is 0. The van der Waals surface area contributed by atoms with Gasteiger partial charge in [-0.3, -0.25) is 4.99 Å². The third-order valence-electron chi connectivity index (χ3n) is 4.32. The minimum absolute atomic E-state index is 0.286. The highest BCUT2D eigenvalue weighted by molar-refractivity contribution is 6.09. The quantitative estimate of drug-likeness (QED) is 0.448. The van der Waals surface area contributed by atoms with Gasteiger partial charge in [0.1, 0.15) is 11.2 Å². The molecule has 0 amide bonds. The molecule has 0 bridgehead atoms. The van der Waals surface area contributed by atoms with E-state index < -0.39 is 0 Å². The predicted octanol–water partition coefficient (Wildman–Crippen LogP) is 5.02. The molecule has 0 unspecified atom stereocenters. The van der Waals surface area contributed by atoms with Crippen LogP contribution in [0, 0.1) is 13.8 Å². The van der Waals surface area contributed by atoms with E-state index in [0.29, 0.717) is 19.8 Å². The van der Waals surface area contributed by atoms with Crippen molar-refractivity contribution in [3.8, 4) is 0 Å². The van der Waals surface area contributed by atoms with Crippen molar-refractivity contribution in [1.29, 1.82) is 0 Å². The fraction of sp³-hybridized carbons (Fsp3) is 0.381. The summed E-state index contributed by atoms with van der Waals surface area (Å²) >= 11 is 0. The van der Waals surface area contributed by atoms with Crippen molar-refractivity contribution >= 4 is 28.2 Å². The van der Waals surface area contributed by atoms with Crippen molar-refractivity contribution in [3.05, 3.63) is 47.0 Å². The SMILES string of the molecule is CCOC(CN=Cc1cc(C)c2oc3ccccc3c2c1C)OCC. The Morgan fingerprint density at radius 3 is 2.56 bits per heavy atom. The lowest BCUT2D eigenvalue weighted by molar-refractivity contribution is -0.128. The molecule has 3 rings (SSSR count). The van der Waals surface area contributed by atoms with E-state index in [1.54, 1.807) is 0 Å². The van der Waals surface area contributed by atoms with Crippen LogP contribution in [0.1, 0.15) is 30.5 Å². The first-order valence-corrected chi connectivity index (χ1v) is 8.80. The zero-order valence-corrected chi connectivity index (χ0v) is 15.3. The van der Waals surface area contributed by atoms with Crippen LogP contribution in [0.4, 0.5) is 0 Å². The van der Waals surface area contributed by atoms with Crippen LogP contribution in [0.25, 0.3) is 21.9 Å². The zero-order chi connectivity index (χ0) is 17.8. The van der Waals surface area contributed by atoms with E-state index in [2.05, 4.69) is 31.0 Å². The van der Waals surface area contributed by atoms with Gasteiger partial charge in [0, 0.05) is 30.2 Å². The smallest absolute Gasteiger partial charge is 0.176 e. The number of aryl methyl sites for hydroxylation is 2. The molecule has 0 radical (unpaired) electrons. The summed E-state index contributed by atoms with van der Waals surface area (Å²) in [5.74, 6) is 0. The topological polar surface area (TPSA) is 44.0 Å². The fourth-order valence-corrected chi connectivity index (χ4v) is 3.14. The summed E-state index contributed by atoms with van der Waals surface area (Å²) in [6.07, 6.45) is 1.63. The second kappa shape index (κ2) is 7.81. The van der Waals surface area contributed by atoms with Gasteiger partial charge in [-0.2, -0.15) is 0 Å². The lowest BCUT2D eigenvalue weighted by Gasteiger charge is -2.14. The van der Waals surface area contributed by atoms with Crippen molar-refractivity contribution in [2.45, 2.75) is 34.0 Å². The molecule has 3 aromatic rings. The monoisotopic (exact) mass is 339 g/mol. The Kier molecular flexibility index (Phi) is 5.51. The van der Waals surface area contributed by atoms with E-state index in [4.69, 9.17) is 13.9 Å². The number of benzene rings is 2. The van der Waals surface area contributed by atoms with Crippen LogP contribution in [-0.2, 0) is 9.47 Å². The number of ether oxygens (including phenoxy) is 2. The Labute approximate surface area is 148 Å². The van der Waals surface area contributed by atoms with Crippen LogP contribution in [0.5, 0.6) is 0 Å². The van der Waals surface area contributed by atoms with Gasteiger partial charge in [0.2, 0.25) is 0 Å². The van der Waals surface area contributed by atoms with Crippen LogP contribution in [0.2, 0.25) is 0 Å². The molecule has 25 heavy (non-hydrogen) atoms. The van der Waals surface area contributed by atoms with E-state index in [1.165, 1.54) is 10.9 Å². The number of furan rings is 1. The Balaban J connectivity index is 1.95. The molecule has 4 heteroatoms. The number of hydrogen-bond donors (Lipinski definition) is 0. The molecule has 1 aromatic heterocycles. The van der Waals surface area contributed by atoms with Crippen LogP contribution >= 0.6 is 0 Å². The molecule has 4 nitrogen and oxygen atoms in total. The summed E-state index contributed by atoms with van der Waals surface area (Å²) in [6, 6.07) is 10.3. The average molecular weight is 339 g/mol. The molecule has 0 saturated heterocycles. The molecule has 0 saturated carbocycles. The van der Waals surface area contributed by atoms with Crippen LogP contribution < -0.4 is 0 Å². The van der Waals surface area contributed by atoms with Crippen LogP contribution in [-0.4, -0.2) is 32.3 Å². The lowest BCUT2D eigenvalue weighted by atomic mass is 9.99. The highest BCUT2D eigenvalue weighted by atomic mass is 16.7. The summed E-state index contributed by atoms with van der Waals surface area (Å²) in [5.41, 5.74) is 5.27. The molecular weight excluding hydrogens is 314 g/mol. The highest BCUT2D eigenvalue weighted by Crippen LogP contribution is 2.34. The van der Waals surface area contributed by atoms with Gasteiger partial charge in [-0.25, -0.2) is 0 Å². The molecule has 0 fully saturated rings. The number of para-hydroxylation sites is 1. The standard InChI is InChI=1S/C21H25NO3/c1-5-23-19(24-6-2)13-22-12-16-11-14(3)21-20(15(16)4)17-9-7-8-10-18(17)25-21/h7-12,19H,5-6,13H2,1-4H3. The second-order valence-corrected chi connectivity index (χ2v) is 6.04. The molecule has 132 valence electrons. The number of hydrogen-bond acceptors (Lipinski definition) is 4. The number of fused-ring (bicyclic) bond motifs is 3. The van der Waals surface area contributed by atoms with Crippen molar-refractivity contribution in [2.24, 2.45) is 4.99 Å². The molecule has 0 atom stereocenters. The van der Waals surface area contributed by atoms with Gasteiger partial charge < -0.3 is 13.9 Å². The molecular formula is C21H25NO3. The van der Waals surface area contributed by atoms with Crippen molar-refractivity contribution in [2.75, 3.05) is 19.8 Å². The predicted molar refractivity (Wildman–Crippen MR) is 103 cm³/mol. The highest BCUT2D eigenvalue weighted by Gasteiger charge is 2.14. The van der Waals surface area contributed by atoms with Gasteiger partial charge in [-0.15, -0.1) is 0 Å². The minimum atomic E-state index is -0.286. The maximum absolute atomic E-state index is 6.04. The zero-order valence-electron chi connectivity index (χ0n) is 15.3. The van der Waals surface area contributed by atoms with E-state index in [0.717, 1.165) is 27.7 Å². The number of aliphatic imine (C=N–C) groups is 1. The van der Waals surface area contributed by atoms with E-state index >= 15 is 0 Å². The normalized spacial score (nSPS) is 12.2. The lowest BCUT2D eigenvalue weighted by Crippen LogP contribution is -2.20. The maximum atomic E-state index is 6.04. The van der Waals surface area contributed by atoms with Crippen LogP contribution in [0.3, 0.4) is 0 Å². The molecule has 1 heterocycles. The summed E-state index contributed by atoms with van der Waals surface area (Å²) < 4.78 is 17.1. The summed E-state index contributed by atoms with van der Waals surface area (Å²) in [6.45, 7) is 9.83. The second-order valence-electron chi connectivity index (χ2n) is 6.04. The van der Waals surface area contributed by atoms with Gasteiger partial charge in [-0.05, 0) is 56.5 Å². The van der Waals surface area contributed by atoms with Gasteiger partial charge in [0.25, 0.3) is 0 Å². The van der Waals surface area contributed by atoms with Crippen molar-refractivity contribution < 1.29 is 13.9 Å². The molecule has 0 aliphatic rings. The molecule has 2 aromatic carbocycles. The van der Waals surface area contributed by atoms with Crippen molar-refractivity contribution in [3.63, 3.8) is 0 Å². The van der Waals surface area contributed by atoms with Gasteiger partial charge in [0.05, 0.1) is 6.54 Å². The largest absolute Gasteiger partial charge is 0.456 e. The third-order valence-corrected chi connectivity index (χ3v) is 4.32. The fourth-order valence-electron chi connectivity index (χ4n) is 3.14. The first-order valence-electron chi connectivity index (χ1n) is 8.80. The van der Waals surface area contributed by atoms with E-state index in [-0.39, 0.29) is 6.29 Å². The summed E-state index contributed by atoms with van der Waals surface area (Å²) in [5, 5.41) is 2.32. The van der Waals surface area contributed by atoms with Crippen molar-refractivity contribution in [1.82, 2.24) is 0 Å². The average Bonchev–Trinajstić information content (AvgIpc) is 3.00. The summed E-state index contributed by atoms with van der Waals surface area (Å²) in [4.78, 5) is 4.55. The molecule has 0 spiro atoms.